The van der Waals surface area contributed by atoms with Crippen molar-refractivity contribution in [1.29, 1.82) is 5.26 Å². The van der Waals surface area contributed by atoms with Gasteiger partial charge in [0.15, 0.2) is 0 Å². The molecule has 0 aliphatic rings. The van der Waals surface area contributed by atoms with Crippen LogP contribution in [-0.4, -0.2) is 24.2 Å². The highest BCUT2D eigenvalue weighted by Gasteiger charge is 2.12. The normalized spacial score (nSPS) is 10.3. The second-order valence-corrected chi connectivity index (χ2v) is 4.69. The highest BCUT2D eigenvalue weighted by Crippen LogP contribution is 2.22. The van der Waals surface area contributed by atoms with Gasteiger partial charge in [-0.25, -0.2) is 9.82 Å². The second kappa shape index (κ2) is 7.65. The molecular formula is C16H11FN4O4. The fourth-order valence-electron chi connectivity index (χ4n) is 1.93. The van der Waals surface area contributed by atoms with Crippen LogP contribution in [-0.2, 0) is 0 Å². The summed E-state index contributed by atoms with van der Waals surface area (Å²) in [6, 6.07) is 9.02. The average molecular weight is 342 g/mol. The fraction of sp³-hybridized carbons (Fsp3) is 0.0625. The number of hydrazone groups is 1. The van der Waals surface area contributed by atoms with E-state index in [0.29, 0.717) is 5.75 Å². The topological polar surface area (TPSA) is 118 Å². The third-order valence-electron chi connectivity index (χ3n) is 3.14. The molecular weight excluding hydrogens is 331 g/mol. The zero-order valence-corrected chi connectivity index (χ0v) is 12.9. The zero-order valence-electron chi connectivity index (χ0n) is 12.9. The number of carbonyl (C=O) groups is 1. The van der Waals surface area contributed by atoms with Gasteiger partial charge in [0.25, 0.3) is 11.6 Å². The Morgan fingerprint density at radius 3 is 2.76 bits per heavy atom. The van der Waals surface area contributed by atoms with Crippen LogP contribution in [0.15, 0.2) is 41.5 Å². The molecule has 8 nitrogen and oxygen atoms in total. The number of nitrogens with one attached hydrogen (secondary N) is 1. The molecule has 0 aromatic heterocycles. The molecule has 0 bridgehead atoms. The molecule has 0 saturated heterocycles. The van der Waals surface area contributed by atoms with Gasteiger partial charge in [-0.2, -0.15) is 10.4 Å². The molecule has 2 rings (SSSR count). The van der Waals surface area contributed by atoms with Crippen molar-refractivity contribution in [1.82, 2.24) is 5.43 Å². The van der Waals surface area contributed by atoms with Crippen LogP contribution in [0.5, 0.6) is 5.75 Å². The van der Waals surface area contributed by atoms with E-state index in [0.717, 1.165) is 18.3 Å². The molecule has 0 fully saturated rings. The van der Waals surface area contributed by atoms with E-state index in [2.05, 4.69) is 10.5 Å². The van der Waals surface area contributed by atoms with E-state index in [-0.39, 0.29) is 22.4 Å². The smallest absolute Gasteiger partial charge is 0.274 e. The summed E-state index contributed by atoms with van der Waals surface area (Å²) in [5, 5.41) is 23.1. The molecule has 0 unspecified atom stereocenters. The van der Waals surface area contributed by atoms with Crippen molar-refractivity contribution < 1.29 is 18.8 Å². The number of non-ortho nitro benzene ring substituents is 1. The number of hydrogen-bond acceptors (Lipinski definition) is 6. The number of carbonyl (C=O) groups excluding carboxylic acids is 1. The number of nitrogens with zero attached hydrogens (tertiary/aromatic N) is 3. The summed E-state index contributed by atoms with van der Waals surface area (Å²) in [7, 11) is 1.38. The van der Waals surface area contributed by atoms with E-state index in [4.69, 9.17) is 10.00 Å². The van der Waals surface area contributed by atoms with Crippen molar-refractivity contribution in [2.24, 2.45) is 5.10 Å². The number of nitriles is 1. The van der Waals surface area contributed by atoms with Crippen LogP contribution in [0.25, 0.3) is 0 Å². The highest BCUT2D eigenvalue weighted by atomic mass is 19.1. The van der Waals surface area contributed by atoms with Gasteiger partial charge in [-0.05, 0) is 24.3 Å². The summed E-state index contributed by atoms with van der Waals surface area (Å²) in [6.45, 7) is 0. The minimum atomic E-state index is -0.861. The molecule has 2 aromatic rings. The molecule has 0 spiro atoms. The quantitative estimate of drug-likeness (QED) is 0.508. The highest BCUT2D eigenvalue weighted by molar-refractivity contribution is 5.95. The molecule has 0 atom stereocenters. The standard InChI is InChI=1S/C16H11FN4O4/c1-25-15-5-3-12(21(23)24)7-11(15)9-19-20-16(22)13-4-2-10(8-18)6-14(13)17/h2-7,9H,1H3,(H,20,22)/b19-9-. The molecule has 25 heavy (non-hydrogen) atoms. The zero-order chi connectivity index (χ0) is 18.4. The van der Waals surface area contributed by atoms with Crippen LogP contribution in [0.3, 0.4) is 0 Å². The van der Waals surface area contributed by atoms with Gasteiger partial charge in [0.05, 0.1) is 35.4 Å². The minimum Gasteiger partial charge on any atom is -0.496 e. The Labute approximate surface area is 141 Å². The van der Waals surface area contributed by atoms with E-state index in [1.54, 1.807) is 6.07 Å². The Balaban J connectivity index is 2.18. The van der Waals surface area contributed by atoms with Crippen molar-refractivity contribution in [3.63, 3.8) is 0 Å². The van der Waals surface area contributed by atoms with Gasteiger partial charge in [0.2, 0.25) is 0 Å². The monoisotopic (exact) mass is 342 g/mol. The average Bonchev–Trinajstić information content (AvgIpc) is 2.61. The minimum absolute atomic E-state index is 0.0823. The van der Waals surface area contributed by atoms with Gasteiger partial charge in [0.1, 0.15) is 11.6 Å². The molecule has 0 heterocycles. The van der Waals surface area contributed by atoms with Gasteiger partial charge in [-0.3, -0.25) is 14.9 Å². The first-order chi connectivity index (χ1) is 12.0. The lowest BCUT2D eigenvalue weighted by Gasteiger charge is -2.04. The number of benzene rings is 2. The molecule has 9 heteroatoms. The summed E-state index contributed by atoms with van der Waals surface area (Å²) in [5.74, 6) is -1.38. The molecule has 0 saturated carbocycles. The van der Waals surface area contributed by atoms with Crippen LogP contribution in [0.2, 0.25) is 0 Å². The van der Waals surface area contributed by atoms with Crippen molar-refractivity contribution >= 4 is 17.8 Å². The molecule has 1 amide bonds. The number of nitro groups is 1. The van der Waals surface area contributed by atoms with Crippen LogP contribution in [0.1, 0.15) is 21.5 Å². The molecule has 0 aliphatic heterocycles. The van der Waals surface area contributed by atoms with E-state index >= 15 is 0 Å². The van der Waals surface area contributed by atoms with Crippen LogP contribution >= 0.6 is 0 Å². The Morgan fingerprint density at radius 2 is 2.16 bits per heavy atom. The van der Waals surface area contributed by atoms with Crippen LogP contribution in [0, 0.1) is 27.3 Å². The second-order valence-electron chi connectivity index (χ2n) is 4.69. The maximum Gasteiger partial charge on any atom is 0.274 e. The predicted molar refractivity (Wildman–Crippen MR) is 85.8 cm³/mol. The van der Waals surface area contributed by atoms with Crippen molar-refractivity contribution in [3.8, 4) is 11.8 Å². The summed E-state index contributed by atoms with van der Waals surface area (Å²) in [6.07, 6.45) is 1.14. The molecule has 126 valence electrons. The van der Waals surface area contributed by atoms with Crippen LogP contribution in [0.4, 0.5) is 10.1 Å². The van der Waals surface area contributed by atoms with E-state index in [1.807, 2.05) is 0 Å². The Morgan fingerprint density at radius 1 is 1.40 bits per heavy atom. The predicted octanol–water partition coefficient (Wildman–Crippen LogP) is 2.38. The molecule has 1 N–H and O–H groups in total. The van der Waals surface area contributed by atoms with Gasteiger partial charge in [0, 0.05) is 17.7 Å². The molecule has 0 radical (unpaired) electrons. The third-order valence-corrected chi connectivity index (χ3v) is 3.14. The lowest BCUT2D eigenvalue weighted by Crippen LogP contribution is -2.19. The number of rotatable bonds is 5. The number of halogens is 1. The molecule has 2 aromatic carbocycles. The number of hydrogen-bond donors (Lipinski definition) is 1. The number of ether oxygens (including phenoxy) is 1. The third kappa shape index (κ3) is 4.14. The van der Waals surface area contributed by atoms with E-state index in [9.17, 15) is 19.3 Å². The Bertz CT molecular complexity index is 905. The van der Waals surface area contributed by atoms with Gasteiger partial charge >= 0.3 is 0 Å². The Hall–Kier alpha value is -3.80. The first kappa shape index (κ1) is 17.6. The van der Waals surface area contributed by atoms with E-state index in [1.165, 1.54) is 31.4 Å². The Kier molecular flexibility index (Phi) is 5.37. The largest absolute Gasteiger partial charge is 0.496 e. The summed E-state index contributed by atoms with van der Waals surface area (Å²) >= 11 is 0. The maximum atomic E-state index is 13.7. The summed E-state index contributed by atoms with van der Waals surface area (Å²) in [5.41, 5.74) is 1.99. The van der Waals surface area contributed by atoms with Crippen molar-refractivity contribution in [3.05, 3.63) is 69.0 Å². The first-order valence-electron chi connectivity index (χ1n) is 6.81. The lowest BCUT2D eigenvalue weighted by molar-refractivity contribution is -0.384. The first-order valence-corrected chi connectivity index (χ1v) is 6.81. The number of amides is 1. The van der Waals surface area contributed by atoms with Gasteiger partial charge in [-0.15, -0.1) is 0 Å². The van der Waals surface area contributed by atoms with Gasteiger partial charge in [-0.1, -0.05) is 0 Å². The SMILES string of the molecule is COc1ccc([N+](=O)[O-])cc1/C=N\NC(=O)c1ccc(C#N)cc1F. The van der Waals surface area contributed by atoms with E-state index < -0.39 is 16.6 Å². The summed E-state index contributed by atoms with van der Waals surface area (Å²) < 4.78 is 18.8. The number of methoxy groups -OCH3 is 1. The lowest BCUT2D eigenvalue weighted by atomic mass is 10.1. The van der Waals surface area contributed by atoms with Crippen molar-refractivity contribution in [2.75, 3.05) is 7.11 Å². The maximum absolute atomic E-state index is 13.7. The van der Waals surface area contributed by atoms with Crippen LogP contribution < -0.4 is 10.2 Å². The van der Waals surface area contributed by atoms with Crippen molar-refractivity contribution in [2.45, 2.75) is 0 Å². The summed E-state index contributed by atoms with van der Waals surface area (Å²) in [4.78, 5) is 22.1. The molecule has 0 aliphatic carbocycles. The van der Waals surface area contributed by atoms with Gasteiger partial charge < -0.3 is 4.74 Å². The fourth-order valence-corrected chi connectivity index (χ4v) is 1.93. The number of nitro benzene ring substituents is 1.